The smallest absolute Gasteiger partial charge is 0.217 e. The molecule has 0 aliphatic rings. The van der Waals surface area contributed by atoms with E-state index >= 15 is 0 Å². The zero-order valence-corrected chi connectivity index (χ0v) is 17.1. The average Bonchev–Trinajstić information content (AvgIpc) is 2.72. The van der Waals surface area contributed by atoms with Gasteiger partial charge < -0.3 is 10.1 Å². The van der Waals surface area contributed by atoms with Crippen molar-refractivity contribution < 1.29 is 4.74 Å². The average molecular weight is 413 g/mol. The third-order valence-corrected chi connectivity index (χ3v) is 4.32. The van der Waals surface area contributed by atoms with Crippen LogP contribution in [-0.2, 0) is 6.54 Å². The van der Waals surface area contributed by atoms with Crippen molar-refractivity contribution in [2.45, 2.75) is 19.9 Å². The van der Waals surface area contributed by atoms with Crippen molar-refractivity contribution in [1.29, 1.82) is 0 Å². The molecule has 5 nitrogen and oxygen atoms in total. The monoisotopic (exact) mass is 412 g/mol. The molecule has 0 saturated heterocycles. The summed E-state index contributed by atoms with van der Waals surface area (Å²) in [6, 6.07) is 19.3. The normalized spacial score (nSPS) is 11.3. The molecule has 0 unspecified atom stereocenters. The lowest BCUT2D eigenvalue weighted by atomic mass is 10.2. The van der Waals surface area contributed by atoms with Crippen LogP contribution in [0.4, 0.5) is 0 Å². The van der Waals surface area contributed by atoms with Gasteiger partial charge in [0.05, 0.1) is 23.8 Å². The molecule has 7 heteroatoms. The van der Waals surface area contributed by atoms with E-state index in [2.05, 4.69) is 22.3 Å². The number of thiocarbonyl (C=S) groups is 1. The van der Waals surface area contributed by atoms with Crippen molar-refractivity contribution in [3.63, 3.8) is 0 Å². The maximum absolute atomic E-state index is 5.90. The van der Waals surface area contributed by atoms with Crippen molar-refractivity contribution in [1.82, 2.24) is 15.1 Å². The molecule has 0 spiro atoms. The number of rotatable bonds is 6. The number of ether oxygens (including phenoxy) is 1. The second kappa shape index (κ2) is 10.0. The highest BCUT2D eigenvalue weighted by molar-refractivity contribution is 7.80. The molecule has 3 aromatic rings. The summed E-state index contributed by atoms with van der Waals surface area (Å²) in [7, 11) is 0. The fourth-order valence-corrected chi connectivity index (χ4v) is 2.77. The summed E-state index contributed by atoms with van der Waals surface area (Å²) in [4.78, 5) is 4.43. The highest BCUT2D eigenvalue weighted by Crippen LogP contribution is 2.14. The lowest BCUT2D eigenvalue weighted by Crippen LogP contribution is -2.22. The lowest BCUT2D eigenvalue weighted by molar-refractivity contribution is 0.291. The zero-order chi connectivity index (χ0) is 19.8. The second-order valence-corrected chi connectivity index (χ2v) is 6.87. The van der Waals surface area contributed by atoms with Gasteiger partial charge in [-0.3, -0.25) is 0 Å². The van der Waals surface area contributed by atoms with Crippen LogP contribution in [0.15, 0.2) is 71.9 Å². The molecule has 0 amide bonds. The van der Waals surface area contributed by atoms with Crippen LogP contribution in [0.5, 0.6) is 5.88 Å². The first-order valence-electron chi connectivity index (χ1n) is 9.00. The summed E-state index contributed by atoms with van der Waals surface area (Å²) in [5.41, 5.74) is 1.99. The zero-order valence-electron chi connectivity index (χ0n) is 15.5. The standard InChI is InChI=1S/C21H21ClN4OS/c1-2-12-27-20-13-18(15-24-26(20)19-6-4-3-5-7-19)25-21(28)23-14-16-8-10-17(22)11-9-16/h3-11,13,15H,2,12,14H2,1H3,(H,23,28)/b25-18-. The summed E-state index contributed by atoms with van der Waals surface area (Å²) >= 11 is 11.2. The van der Waals surface area contributed by atoms with Gasteiger partial charge in [-0.2, -0.15) is 5.10 Å². The first-order valence-corrected chi connectivity index (χ1v) is 9.79. The van der Waals surface area contributed by atoms with Gasteiger partial charge in [0, 0.05) is 17.6 Å². The van der Waals surface area contributed by atoms with Gasteiger partial charge in [0.1, 0.15) is 0 Å². The number of hydrogen-bond acceptors (Lipinski definition) is 3. The molecule has 0 fully saturated rings. The molecule has 1 aromatic heterocycles. The van der Waals surface area contributed by atoms with E-state index in [1.165, 1.54) is 0 Å². The largest absolute Gasteiger partial charge is 0.478 e. The van der Waals surface area contributed by atoms with Gasteiger partial charge in [-0.15, -0.1) is 0 Å². The fraction of sp³-hybridized carbons (Fsp3) is 0.190. The molecule has 0 aliphatic heterocycles. The maximum atomic E-state index is 5.90. The van der Waals surface area contributed by atoms with Gasteiger partial charge in [-0.05, 0) is 48.5 Å². The van der Waals surface area contributed by atoms with E-state index in [4.69, 9.17) is 28.6 Å². The number of aromatic nitrogens is 2. The molecule has 0 atom stereocenters. The molecule has 0 saturated carbocycles. The van der Waals surface area contributed by atoms with Gasteiger partial charge in [0.2, 0.25) is 5.88 Å². The highest BCUT2D eigenvalue weighted by Gasteiger charge is 2.05. The predicted octanol–water partition coefficient (Wildman–Crippen LogP) is 4.29. The Balaban J connectivity index is 1.78. The van der Waals surface area contributed by atoms with Gasteiger partial charge in [-0.25, -0.2) is 9.67 Å². The summed E-state index contributed by atoms with van der Waals surface area (Å²) in [6.45, 7) is 3.23. The van der Waals surface area contributed by atoms with E-state index in [0.29, 0.717) is 34.5 Å². The maximum Gasteiger partial charge on any atom is 0.217 e. The van der Waals surface area contributed by atoms with E-state index in [9.17, 15) is 0 Å². The predicted molar refractivity (Wildman–Crippen MR) is 116 cm³/mol. The SMILES string of the molecule is CCCOc1c/c(=N/C(=S)NCc2ccc(Cl)cc2)cnn1-c1ccccc1. The molecule has 1 heterocycles. The lowest BCUT2D eigenvalue weighted by Gasteiger charge is -2.12. The molecular formula is C21H21ClN4OS. The molecule has 144 valence electrons. The Bertz CT molecular complexity index is 987. The number of benzene rings is 2. The first-order chi connectivity index (χ1) is 13.7. The number of hydrogen-bond donors (Lipinski definition) is 1. The van der Waals surface area contributed by atoms with E-state index < -0.39 is 0 Å². The number of nitrogens with one attached hydrogen (secondary N) is 1. The Kier molecular flexibility index (Phi) is 7.17. The Hall–Kier alpha value is -2.70. The van der Waals surface area contributed by atoms with E-state index in [1.807, 2.05) is 60.7 Å². The quantitative estimate of drug-likeness (QED) is 0.613. The van der Waals surface area contributed by atoms with E-state index in [1.54, 1.807) is 10.9 Å². The molecule has 0 radical (unpaired) electrons. The van der Waals surface area contributed by atoms with Crippen molar-refractivity contribution in [2.24, 2.45) is 4.99 Å². The highest BCUT2D eigenvalue weighted by atomic mass is 35.5. The van der Waals surface area contributed by atoms with Crippen LogP contribution in [0.1, 0.15) is 18.9 Å². The van der Waals surface area contributed by atoms with E-state index in [-0.39, 0.29) is 0 Å². The Morgan fingerprint density at radius 2 is 1.93 bits per heavy atom. The number of halogens is 1. The minimum Gasteiger partial charge on any atom is -0.478 e. The Labute approximate surface area is 174 Å². The summed E-state index contributed by atoms with van der Waals surface area (Å²) in [6.07, 6.45) is 2.57. The van der Waals surface area contributed by atoms with Crippen molar-refractivity contribution in [2.75, 3.05) is 6.61 Å². The van der Waals surface area contributed by atoms with Gasteiger partial charge in [0.15, 0.2) is 5.11 Å². The van der Waals surface area contributed by atoms with Crippen LogP contribution in [-0.4, -0.2) is 21.5 Å². The van der Waals surface area contributed by atoms with Gasteiger partial charge in [0.25, 0.3) is 0 Å². The van der Waals surface area contributed by atoms with Crippen molar-refractivity contribution in [3.05, 3.63) is 82.8 Å². The Morgan fingerprint density at radius 1 is 1.18 bits per heavy atom. The number of para-hydroxylation sites is 1. The number of nitrogens with zero attached hydrogens (tertiary/aromatic N) is 3. The topological polar surface area (TPSA) is 51.4 Å². The molecule has 3 rings (SSSR count). The molecule has 0 aliphatic carbocycles. The summed E-state index contributed by atoms with van der Waals surface area (Å²) in [5.74, 6) is 0.620. The molecule has 2 aromatic carbocycles. The van der Waals surface area contributed by atoms with E-state index in [0.717, 1.165) is 17.7 Å². The molecular weight excluding hydrogens is 392 g/mol. The van der Waals surface area contributed by atoms with Gasteiger partial charge in [-0.1, -0.05) is 48.9 Å². The molecule has 0 bridgehead atoms. The molecule has 28 heavy (non-hydrogen) atoms. The second-order valence-electron chi connectivity index (χ2n) is 6.04. The minimum absolute atomic E-state index is 0.385. The molecule has 1 N–H and O–H groups in total. The summed E-state index contributed by atoms with van der Waals surface area (Å²) in [5, 5.41) is 9.32. The van der Waals surface area contributed by atoms with Crippen molar-refractivity contribution >= 4 is 28.9 Å². The van der Waals surface area contributed by atoms with Crippen LogP contribution in [0, 0.1) is 0 Å². The fourth-order valence-electron chi connectivity index (χ4n) is 2.47. The Morgan fingerprint density at radius 3 is 2.64 bits per heavy atom. The van der Waals surface area contributed by atoms with Crippen molar-refractivity contribution in [3.8, 4) is 11.6 Å². The third kappa shape index (κ3) is 5.65. The van der Waals surface area contributed by atoms with Crippen LogP contribution in [0.3, 0.4) is 0 Å². The summed E-state index contributed by atoms with van der Waals surface area (Å²) < 4.78 is 7.62. The minimum atomic E-state index is 0.385. The first kappa shape index (κ1) is 20.0. The van der Waals surface area contributed by atoms with Gasteiger partial charge >= 0.3 is 0 Å². The van der Waals surface area contributed by atoms with Crippen LogP contribution in [0.25, 0.3) is 5.69 Å². The van der Waals surface area contributed by atoms with Crippen LogP contribution < -0.4 is 15.4 Å². The van der Waals surface area contributed by atoms with Crippen LogP contribution >= 0.6 is 23.8 Å². The third-order valence-electron chi connectivity index (χ3n) is 3.83. The van der Waals surface area contributed by atoms with Crippen LogP contribution in [0.2, 0.25) is 5.02 Å².